The zero-order valence-electron chi connectivity index (χ0n) is 13.4. The molecule has 0 saturated carbocycles. The van der Waals surface area contributed by atoms with E-state index < -0.39 is 0 Å². The molecule has 4 N–H and O–H groups in total. The Kier molecular flexibility index (Phi) is 8.43. The van der Waals surface area contributed by atoms with Crippen LogP contribution in [0.3, 0.4) is 0 Å². The van der Waals surface area contributed by atoms with Gasteiger partial charge in [-0.15, -0.1) is 12.4 Å². The van der Waals surface area contributed by atoms with Gasteiger partial charge in [-0.25, -0.2) is 4.79 Å². The molecule has 1 aromatic carbocycles. The molecule has 0 spiro atoms. The Labute approximate surface area is 143 Å². The minimum atomic E-state index is -0.374. The number of aryl methyl sites for hydroxylation is 1. The molecule has 7 heteroatoms. The van der Waals surface area contributed by atoms with Gasteiger partial charge in [0.05, 0.1) is 6.54 Å². The summed E-state index contributed by atoms with van der Waals surface area (Å²) < 4.78 is 0. The molecular formula is C16H25ClN4O2. The zero-order chi connectivity index (χ0) is 15.8. The summed E-state index contributed by atoms with van der Waals surface area (Å²) in [5.74, 6) is 0.489. The largest absolute Gasteiger partial charge is 0.355 e. The van der Waals surface area contributed by atoms with Crippen molar-refractivity contribution < 1.29 is 9.59 Å². The molecule has 2 rings (SSSR count). The van der Waals surface area contributed by atoms with E-state index >= 15 is 0 Å². The van der Waals surface area contributed by atoms with E-state index in [2.05, 4.69) is 21.3 Å². The minimum Gasteiger partial charge on any atom is -0.355 e. The van der Waals surface area contributed by atoms with Crippen LogP contribution in [0, 0.1) is 12.8 Å². The maximum atomic E-state index is 11.7. The average Bonchev–Trinajstić information content (AvgIpc) is 2.98. The molecule has 1 saturated heterocycles. The number of hydrogen-bond acceptors (Lipinski definition) is 3. The Balaban J connectivity index is 0.00000264. The molecule has 1 aliphatic heterocycles. The van der Waals surface area contributed by atoms with Crippen molar-refractivity contribution in [3.63, 3.8) is 0 Å². The SMILES string of the molecule is Cc1cccc(NC(=O)NCC(=O)NCCC2CCNC2)c1.Cl. The Bertz CT molecular complexity index is 519. The monoisotopic (exact) mass is 340 g/mol. The summed E-state index contributed by atoms with van der Waals surface area (Å²) in [7, 11) is 0. The maximum absolute atomic E-state index is 11.7. The standard InChI is InChI=1S/C16H24N4O2.ClH/c1-12-3-2-4-14(9-12)20-16(22)19-11-15(21)18-8-6-13-5-7-17-10-13;/h2-4,9,13,17H,5-8,10-11H2,1H3,(H,18,21)(H2,19,20,22);1H. The van der Waals surface area contributed by atoms with Gasteiger partial charge in [0.2, 0.25) is 5.91 Å². The van der Waals surface area contributed by atoms with E-state index in [9.17, 15) is 9.59 Å². The fourth-order valence-corrected chi connectivity index (χ4v) is 2.50. The molecule has 0 bridgehead atoms. The number of hydrogen-bond donors (Lipinski definition) is 4. The van der Waals surface area contributed by atoms with Crippen LogP contribution in [0.15, 0.2) is 24.3 Å². The highest BCUT2D eigenvalue weighted by atomic mass is 35.5. The third-order valence-corrected chi connectivity index (χ3v) is 3.72. The lowest BCUT2D eigenvalue weighted by molar-refractivity contribution is -0.120. The van der Waals surface area contributed by atoms with Gasteiger partial charge in [-0.3, -0.25) is 4.79 Å². The molecular weight excluding hydrogens is 316 g/mol. The first-order valence-corrected chi connectivity index (χ1v) is 7.72. The number of urea groups is 1. The lowest BCUT2D eigenvalue weighted by atomic mass is 10.1. The second kappa shape index (κ2) is 10.1. The number of nitrogens with one attached hydrogen (secondary N) is 4. The van der Waals surface area contributed by atoms with Crippen molar-refractivity contribution >= 4 is 30.0 Å². The van der Waals surface area contributed by atoms with E-state index in [1.165, 1.54) is 6.42 Å². The van der Waals surface area contributed by atoms with Crippen LogP contribution in [0.5, 0.6) is 0 Å². The summed E-state index contributed by atoms with van der Waals surface area (Å²) in [4.78, 5) is 23.4. The highest BCUT2D eigenvalue weighted by molar-refractivity contribution is 5.92. The van der Waals surface area contributed by atoms with Crippen LogP contribution in [0.2, 0.25) is 0 Å². The molecule has 3 amide bonds. The van der Waals surface area contributed by atoms with Gasteiger partial charge < -0.3 is 21.3 Å². The number of carbonyl (C=O) groups is 2. The van der Waals surface area contributed by atoms with Crippen molar-refractivity contribution in [2.75, 3.05) is 31.5 Å². The van der Waals surface area contributed by atoms with Crippen molar-refractivity contribution in [2.24, 2.45) is 5.92 Å². The molecule has 6 nitrogen and oxygen atoms in total. The molecule has 1 fully saturated rings. The van der Waals surface area contributed by atoms with E-state index in [4.69, 9.17) is 0 Å². The first-order valence-electron chi connectivity index (χ1n) is 7.72. The second-order valence-corrected chi connectivity index (χ2v) is 5.67. The minimum absolute atomic E-state index is 0. The first-order chi connectivity index (χ1) is 10.6. The number of anilines is 1. The summed E-state index contributed by atoms with van der Waals surface area (Å²) in [6, 6.07) is 7.13. The first kappa shape index (κ1) is 19.3. The molecule has 0 aromatic heterocycles. The predicted molar refractivity (Wildman–Crippen MR) is 94.1 cm³/mol. The molecule has 23 heavy (non-hydrogen) atoms. The van der Waals surface area contributed by atoms with Gasteiger partial charge in [-0.05, 0) is 56.5 Å². The van der Waals surface area contributed by atoms with Gasteiger partial charge >= 0.3 is 6.03 Å². The molecule has 0 aliphatic carbocycles. The number of rotatable bonds is 6. The van der Waals surface area contributed by atoms with Crippen LogP contribution in [-0.4, -0.2) is 38.1 Å². The highest BCUT2D eigenvalue weighted by Crippen LogP contribution is 2.10. The summed E-state index contributed by atoms with van der Waals surface area (Å²) in [5.41, 5.74) is 1.78. The van der Waals surface area contributed by atoms with Gasteiger partial charge in [-0.2, -0.15) is 0 Å². The normalized spacial score (nSPS) is 16.3. The van der Waals surface area contributed by atoms with Crippen LogP contribution >= 0.6 is 12.4 Å². The highest BCUT2D eigenvalue weighted by Gasteiger charge is 2.14. The van der Waals surface area contributed by atoms with Crippen LogP contribution in [0.1, 0.15) is 18.4 Å². The lowest BCUT2D eigenvalue weighted by Crippen LogP contribution is -2.39. The van der Waals surface area contributed by atoms with Crippen LogP contribution < -0.4 is 21.3 Å². The van der Waals surface area contributed by atoms with Gasteiger partial charge in [0, 0.05) is 12.2 Å². The number of benzene rings is 1. The van der Waals surface area contributed by atoms with E-state index in [0.29, 0.717) is 18.2 Å². The predicted octanol–water partition coefficient (Wildman–Crippen LogP) is 1.65. The molecule has 1 atom stereocenters. The fraction of sp³-hybridized carbons (Fsp3) is 0.500. The van der Waals surface area contributed by atoms with Crippen LogP contribution in [-0.2, 0) is 4.79 Å². The zero-order valence-corrected chi connectivity index (χ0v) is 14.2. The van der Waals surface area contributed by atoms with Crippen LogP contribution in [0.25, 0.3) is 0 Å². The van der Waals surface area contributed by atoms with Gasteiger partial charge in [0.25, 0.3) is 0 Å². The van der Waals surface area contributed by atoms with Crippen molar-refractivity contribution in [1.82, 2.24) is 16.0 Å². The van der Waals surface area contributed by atoms with Crippen molar-refractivity contribution in [3.8, 4) is 0 Å². The molecule has 0 radical (unpaired) electrons. The smallest absolute Gasteiger partial charge is 0.319 e. The van der Waals surface area contributed by atoms with E-state index in [-0.39, 0.29) is 30.9 Å². The lowest BCUT2D eigenvalue weighted by Gasteiger charge is -2.10. The topological polar surface area (TPSA) is 82.3 Å². The van der Waals surface area contributed by atoms with Crippen molar-refractivity contribution in [3.05, 3.63) is 29.8 Å². The van der Waals surface area contributed by atoms with Crippen LogP contribution in [0.4, 0.5) is 10.5 Å². The molecule has 1 aromatic rings. The van der Waals surface area contributed by atoms with Gasteiger partial charge in [0.1, 0.15) is 0 Å². The molecule has 128 valence electrons. The molecule has 1 heterocycles. The number of amides is 3. The average molecular weight is 341 g/mol. The Morgan fingerprint density at radius 3 is 2.83 bits per heavy atom. The van der Waals surface area contributed by atoms with Crippen molar-refractivity contribution in [2.45, 2.75) is 19.8 Å². The van der Waals surface area contributed by atoms with Crippen molar-refractivity contribution in [1.29, 1.82) is 0 Å². The Morgan fingerprint density at radius 2 is 2.13 bits per heavy atom. The Morgan fingerprint density at radius 1 is 1.30 bits per heavy atom. The summed E-state index contributed by atoms with van der Waals surface area (Å²) >= 11 is 0. The fourth-order valence-electron chi connectivity index (χ4n) is 2.50. The van der Waals surface area contributed by atoms with E-state index in [1.54, 1.807) is 0 Å². The summed E-state index contributed by atoms with van der Waals surface area (Å²) in [6.45, 7) is 4.70. The maximum Gasteiger partial charge on any atom is 0.319 e. The third kappa shape index (κ3) is 7.34. The van der Waals surface area contributed by atoms with Gasteiger partial charge in [0.15, 0.2) is 0 Å². The van der Waals surface area contributed by atoms with E-state index in [0.717, 1.165) is 25.1 Å². The Hall–Kier alpha value is -1.79. The quantitative estimate of drug-likeness (QED) is 0.635. The molecule has 1 unspecified atom stereocenters. The second-order valence-electron chi connectivity index (χ2n) is 5.67. The van der Waals surface area contributed by atoms with Gasteiger partial charge in [-0.1, -0.05) is 12.1 Å². The number of carbonyl (C=O) groups excluding carboxylic acids is 2. The third-order valence-electron chi connectivity index (χ3n) is 3.72. The van der Waals surface area contributed by atoms with E-state index in [1.807, 2.05) is 31.2 Å². The number of halogens is 1. The summed E-state index contributed by atoms with van der Waals surface area (Å²) in [6.07, 6.45) is 2.15. The molecule has 1 aliphatic rings. The summed E-state index contributed by atoms with van der Waals surface area (Å²) in [5, 5.41) is 11.4.